The zero-order valence-corrected chi connectivity index (χ0v) is 14.2. The van der Waals surface area contributed by atoms with Crippen LogP contribution in [0, 0.1) is 5.82 Å². The Bertz CT molecular complexity index is 841. The largest absolute Gasteiger partial charge is 0.418 e. The first-order chi connectivity index (χ1) is 12.1. The quantitative estimate of drug-likeness (QED) is 0.739. The molecule has 26 heavy (non-hydrogen) atoms. The predicted octanol–water partition coefficient (Wildman–Crippen LogP) is 4.86. The Morgan fingerprint density at radius 1 is 1.19 bits per heavy atom. The highest BCUT2D eigenvalue weighted by atomic mass is 35.5. The van der Waals surface area contributed by atoms with E-state index in [-0.39, 0.29) is 17.3 Å². The highest BCUT2D eigenvalue weighted by Gasteiger charge is 2.42. The summed E-state index contributed by atoms with van der Waals surface area (Å²) in [4.78, 5) is 13.6. The van der Waals surface area contributed by atoms with E-state index in [1.165, 1.54) is 41.3 Å². The van der Waals surface area contributed by atoms with Crippen molar-refractivity contribution < 1.29 is 22.4 Å². The summed E-state index contributed by atoms with van der Waals surface area (Å²) in [6.07, 6.45) is -4.61. The second kappa shape index (κ2) is 6.35. The summed E-state index contributed by atoms with van der Waals surface area (Å²) < 4.78 is 52.8. The van der Waals surface area contributed by atoms with Gasteiger partial charge in [-0.25, -0.2) is 9.18 Å². The van der Waals surface area contributed by atoms with Crippen molar-refractivity contribution in [2.75, 3.05) is 16.8 Å². The van der Waals surface area contributed by atoms with Crippen LogP contribution in [-0.2, 0) is 6.18 Å². The van der Waals surface area contributed by atoms with Crippen molar-refractivity contribution in [2.45, 2.75) is 18.8 Å². The predicted molar refractivity (Wildman–Crippen MR) is 90.8 cm³/mol. The number of hydrogen-bond donors (Lipinski definition) is 2. The van der Waals surface area contributed by atoms with Crippen LogP contribution in [-0.4, -0.2) is 18.2 Å². The fraction of sp³-hybridized carbons (Fsp3) is 0.235. The fourth-order valence-electron chi connectivity index (χ4n) is 2.79. The van der Waals surface area contributed by atoms with Crippen LogP contribution in [0.1, 0.15) is 12.5 Å². The van der Waals surface area contributed by atoms with Crippen LogP contribution in [0.25, 0.3) is 0 Å². The molecular weight excluding hydrogens is 374 g/mol. The molecule has 1 unspecified atom stereocenters. The van der Waals surface area contributed by atoms with E-state index in [2.05, 4.69) is 10.6 Å². The van der Waals surface area contributed by atoms with Crippen molar-refractivity contribution in [3.8, 4) is 0 Å². The monoisotopic (exact) mass is 387 g/mol. The average molecular weight is 388 g/mol. The molecule has 3 rings (SSSR count). The first-order valence-electron chi connectivity index (χ1n) is 7.58. The van der Waals surface area contributed by atoms with Crippen molar-refractivity contribution >= 4 is 29.0 Å². The van der Waals surface area contributed by atoms with E-state index in [1.54, 1.807) is 6.92 Å². The Kier molecular flexibility index (Phi) is 4.47. The first kappa shape index (κ1) is 18.3. The Morgan fingerprint density at radius 2 is 1.85 bits per heavy atom. The summed E-state index contributed by atoms with van der Waals surface area (Å²) in [6.45, 7) is 1.60. The fourth-order valence-corrected chi connectivity index (χ4v) is 2.96. The topological polar surface area (TPSA) is 44.4 Å². The third-order valence-corrected chi connectivity index (χ3v) is 4.17. The van der Waals surface area contributed by atoms with Crippen molar-refractivity contribution in [1.29, 1.82) is 0 Å². The minimum Gasteiger partial charge on any atom is -0.361 e. The van der Waals surface area contributed by atoms with Crippen LogP contribution in [0.2, 0.25) is 5.02 Å². The second-order valence-electron chi connectivity index (χ2n) is 6.14. The van der Waals surface area contributed by atoms with E-state index in [0.29, 0.717) is 5.69 Å². The van der Waals surface area contributed by atoms with Gasteiger partial charge in [-0.15, -0.1) is 0 Å². The number of urea groups is 1. The Labute approximate surface area is 151 Å². The lowest BCUT2D eigenvalue weighted by atomic mass is 10.1. The van der Waals surface area contributed by atoms with Gasteiger partial charge in [-0.1, -0.05) is 11.6 Å². The summed E-state index contributed by atoms with van der Waals surface area (Å²) in [5, 5.41) is 5.31. The van der Waals surface area contributed by atoms with Crippen LogP contribution < -0.4 is 15.5 Å². The minimum absolute atomic E-state index is 0.0391. The molecule has 0 saturated carbocycles. The SMILES string of the molecule is CC1(Nc2ccc(Cl)cc2C(F)(F)F)CN(c2ccc(F)cc2)C(=O)N1. The third kappa shape index (κ3) is 3.70. The summed E-state index contributed by atoms with van der Waals surface area (Å²) in [6, 6.07) is 8.10. The maximum Gasteiger partial charge on any atom is 0.418 e. The van der Waals surface area contributed by atoms with Gasteiger partial charge in [-0.05, 0) is 49.4 Å². The highest BCUT2D eigenvalue weighted by Crippen LogP contribution is 2.38. The standard InChI is InChI=1S/C17H14ClF4N3O/c1-16(23-14-7-2-10(18)8-13(14)17(20,21)22)9-25(15(26)24-16)12-5-3-11(19)4-6-12/h2-8,23H,9H2,1H3,(H,24,26). The van der Waals surface area contributed by atoms with Crippen LogP contribution in [0.3, 0.4) is 0 Å². The number of alkyl halides is 3. The number of halogens is 5. The number of nitrogens with one attached hydrogen (secondary N) is 2. The molecule has 0 bridgehead atoms. The van der Waals surface area contributed by atoms with Crippen molar-refractivity contribution in [3.63, 3.8) is 0 Å². The molecule has 0 radical (unpaired) electrons. The number of rotatable bonds is 3. The Hall–Kier alpha value is -2.48. The molecule has 2 aromatic carbocycles. The smallest absolute Gasteiger partial charge is 0.361 e. The molecule has 0 spiro atoms. The Balaban J connectivity index is 1.87. The molecule has 2 amide bonds. The molecule has 0 aromatic heterocycles. The van der Waals surface area contributed by atoms with Gasteiger partial charge in [0.05, 0.1) is 12.1 Å². The molecule has 2 N–H and O–H groups in total. The number of nitrogens with zero attached hydrogens (tertiary/aromatic N) is 1. The number of amides is 2. The van der Waals surface area contributed by atoms with Gasteiger partial charge < -0.3 is 10.6 Å². The lowest BCUT2D eigenvalue weighted by Crippen LogP contribution is -2.48. The van der Waals surface area contributed by atoms with Crippen molar-refractivity contribution in [1.82, 2.24) is 5.32 Å². The molecule has 2 aromatic rings. The molecule has 1 heterocycles. The van der Waals surface area contributed by atoms with Crippen LogP contribution in [0.5, 0.6) is 0 Å². The molecule has 0 aliphatic carbocycles. The third-order valence-electron chi connectivity index (χ3n) is 3.94. The average Bonchev–Trinajstić information content (AvgIpc) is 2.84. The molecule has 1 atom stereocenters. The summed E-state index contributed by atoms with van der Waals surface area (Å²) in [7, 11) is 0. The molecule has 1 aliphatic heterocycles. The second-order valence-corrected chi connectivity index (χ2v) is 6.57. The van der Waals surface area contributed by atoms with E-state index in [9.17, 15) is 22.4 Å². The number of anilines is 2. The van der Waals surface area contributed by atoms with E-state index >= 15 is 0 Å². The van der Waals surface area contributed by atoms with Crippen molar-refractivity contribution in [2.24, 2.45) is 0 Å². The zero-order chi connectivity index (χ0) is 19.1. The maximum atomic E-state index is 13.3. The molecule has 9 heteroatoms. The summed E-state index contributed by atoms with van der Waals surface area (Å²) in [5.41, 5.74) is -1.87. The van der Waals surface area contributed by atoms with E-state index in [0.717, 1.165) is 6.07 Å². The van der Waals surface area contributed by atoms with E-state index < -0.39 is 29.3 Å². The van der Waals surface area contributed by atoms with Gasteiger partial charge in [-0.2, -0.15) is 13.2 Å². The van der Waals surface area contributed by atoms with Crippen LogP contribution >= 0.6 is 11.6 Å². The maximum absolute atomic E-state index is 13.3. The van der Waals surface area contributed by atoms with Crippen molar-refractivity contribution in [3.05, 3.63) is 58.9 Å². The molecule has 138 valence electrons. The van der Waals surface area contributed by atoms with Crippen LogP contribution in [0.4, 0.5) is 33.7 Å². The van der Waals surface area contributed by atoms with Gasteiger partial charge in [0.1, 0.15) is 11.5 Å². The van der Waals surface area contributed by atoms with Gasteiger partial charge in [0.15, 0.2) is 0 Å². The molecule has 4 nitrogen and oxygen atoms in total. The normalized spacial score (nSPS) is 20.2. The van der Waals surface area contributed by atoms with Gasteiger partial charge >= 0.3 is 12.2 Å². The number of benzene rings is 2. The minimum atomic E-state index is -4.61. The molecule has 1 aliphatic rings. The van der Waals surface area contributed by atoms with Gasteiger partial charge in [0.25, 0.3) is 0 Å². The number of hydrogen-bond acceptors (Lipinski definition) is 2. The summed E-state index contributed by atoms with van der Waals surface area (Å²) in [5.74, 6) is -0.453. The lowest BCUT2D eigenvalue weighted by molar-refractivity contribution is -0.137. The molecular formula is C17H14ClF4N3O. The van der Waals surface area contributed by atoms with Gasteiger partial charge in [0, 0.05) is 16.4 Å². The first-order valence-corrected chi connectivity index (χ1v) is 7.95. The molecule has 1 saturated heterocycles. The number of carbonyl (C=O) groups is 1. The Morgan fingerprint density at radius 3 is 2.46 bits per heavy atom. The number of carbonyl (C=O) groups excluding carboxylic acids is 1. The van der Waals surface area contributed by atoms with Gasteiger partial charge in [0.2, 0.25) is 0 Å². The van der Waals surface area contributed by atoms with Crippen LogP contribution in [0.15, 0.2) is 42.5 Å². The van der Waals surface area contributed by atoms with E-state index in [4.69, 9.17) is 11.6 Å². The van der Waals surface area contributed by atoms with Gasteiger partial charge in [-0.3, -0.25) is 4.90 Å². The zero-order valence-electron chi connectivity index (χ0n) is 13.5. The highest BCUT2D eigenvalue weighted by molar-refractivity contribution is 6.30. The van der Waals surface area contributed by atoms with E-state index in [1.807, 2.05) is 0 Å². The molecule has 1 fully saturated rings. The lowest BCUT2D eigenvalue weighted by Gasteiger charge is -2.28. The summed E-state index contributed by atoms with van der Waals surface area (Å²) >= 11 is 5.68.